The minimum Gasteiger partial charge on any atom is -0.481 e. The zero-order valence-corrected chi connectivity index (χ0v) is 19.2. The molecule has 1 aliphatic carbocycles. The van der Waals surface area contributed by atoms with Gasteiger partial charge >= 0.3 is 0 Å². The van der Waals surface area contributed by atoms with Gasteiger partial charge in [-0.2, -0.15) is 0 Å². The third-order valence-corrected chi connectivity index (χ3v) is 5.98. The van der Waals surface area contributed by atoms with Crippen LogP contribution < -0.4 is 15.4 Å². The summed E-state index contributed by atoms with van der Waals surface area (Å²) in [7, 11) is 0. The molecule has 1 unspecified atom stereocenters. The molecule has 0 radical (unpaired) electrons. The fourth-order valence-corrected chi connectivity index (χ4v) is 3.92. The average molecular weight is 443 g/mol. The first-order chi connectivity index (χ1) is 14.8. The van der Waals surface area contributed by atoms with E-state index in [0.717, 1.165) is 25.7 Å². The number of halogens is 1. The average Bonchev–Trinajstić information content (AvgIpc) is 2.76. The normalized spacial score (nSPS) is 15.4. The van der Waals surface area contributed by atoms with Crippen LogP contribution >= 0.6 is 11.6 Å². The summed E-state index contributed by atoms with van der Waals surface area (Å²) in [6, 6.07) is 12.9. The van der Waals surface area contributed by atoms with Crippen LogP contribution in [0, 0.1) is 0 Å². The third kappa shape index (κ3) is 6.47. The topological polar surface area (TPSA) is 67.4 Å². The lowest BCUT2D eigenvalue weighted by Gasteiger charge is -2.23. The molecule has 0 aliphatic heterocycles. The van der Waals surface area contributed by atoms with Crippen LogP contribution in [-0.4, -0.2) is 24.0 Å². The Morgan fingerprint density at radius 1 is 1.00 bits per heavy atom. The monoisotopic (exact) mass is 442 g/mol. The lowest BCUT2D eigenvalue weighted by molar-refractivity contribution is -0.122. The summed E-state index contributed by atoms with van der Waals surface area (Å²) in [5.41, 5.74) is 2.08. The number of hydrogen-bond acceptors (Lipinski definition) is 3. The molecule has 0 spiro atoms. The van der Waals surface area contributed by atoms with Crippen LogP contribution in [0.15, 0.2) is 42.5 Å². The van der Waals surface area contributed by atoms with E-state index >= 15 is 0 Å². The number of nitrogens with one attached hydrogen (secondary N) is 2. The predicted molar refractivity (Wildman–Crippen MR) is 125 cm³/mol. The van der Waals surface area contributed by atoms with Gasteiger partial charge in [-0.05, 0) is 61.6 Å². The fourth-order valence-electron chi connectivity index (χ4n) is 3.72. The summed E-state index contributed by atoms with van der Waals surface area (Å²) in [6.45, 7) is 5.95. The van der Waals surface area contributed by atoms with Crippen molar-refractivity contribution in [2.45, 2.75) is 70.9 Å². The Morgan fingerprint density at radius 3 is 2.32 bits per heavy atom. The van der Waals surface area contributed by atoms with Crippen molar-refractivity contribution in [2.24, 2.45) is 0 Å². The second-order valence-corrected chi connectivity index (χ2v) is 8.88. The Morgan fingerprint density at radius 2 is 1.68 bits per heavy atom. The Labute approximate surface area is 189 Å². The molecule has 2 amide bonds. The molecule has 1 atom stereocenters. The van der Waals surface area contributed by atoms with E-state index in [0.29, 0.717) is 27.9 Å². The number of ether oxygens (including phenoxy) is 1. The molecule has 0 bridgehead atoms. The zero-order chi connectivity index (χ0) is 22.4. The van der Waals surface area contributed by atoms with Gasteiger partial charge in [-0.1, -0.05) is 56.8 Å². The maximum atomic E-state index is 12.7. The highest BCUT2D eigenvalue weighted by Gasteiger charge is 2.20. The van der Waals surface area contributed by atoms with E-state index in [1.807, 2.05) is 24.3 Å². The molecule has 2 aromatic carbocycles. The molecule has 166 valence electrons. The van der Waals surface area contributed by atoms with Gasteiger partial charge in [0, 0.05) is 11.7 Å². The molecule has 6 heteroatoms. The van der Waals surface area contributed by atoms with E-state index in [9.17, 15) is 9.59 Å². The van der Waals surface area contributed by atoms with E-state index < -0.39 is 6.10 Å². The standard InChI is InChI=1S/C25H31ClN2O3/c1-16(2)18-9-12-21(13-10-18)31-17(3)24(29)28-20-11-14-23(26)22(15-20)25(30)27-19-7-5-4-6-8-19/h9-17,19H,4-8H2,1-3H3,(H,27,30)(H,28,29). The summed E-state index contributed by atoms with van der Waals surface area (Å²) in [5, 5.41) is 6.24. The van der Waals surface area contributed by atoms with Gasteiger partial charge in [0.25, 0.3) is 11.8 Å². The lowest BCUT2D eigenvalue weighted by Crippen LogP contribution is -2.36. The van der Waals surface area contributed by atoms with Gasteiger partial charge in [0.15, 0.2) is 6.10 Å². The number of hydrogen-bond donors (Lipinski definition) is 2. The first kappa shape index (κ1) is 23.1. The van der Waals surface area contributed by atoms with Crippen LogP contribution in [-0.2, 0) is 4.79 Å². The van der Waals surface area contributed by atoms with Gasteiger partial charge in [0.05, 0.1) is 10.6 Å². The van der Waals surface area contributed by atoms with Crippen molar-refractivity contribution in [3.05, 3.63) is 58.6 Å². The maximum absolute atomic E-state index is 12.7. The minimum atomic E-state index is -0.694. The van der Waals surface area contributed by atoms with Crippen LogP contribution in [0.1, 0.15) is 74.7 Å². The van der Waals surface area contributed by atoms with E-state index in [2.05, 4.69) is 24.5 Å². The molecular formula is C25H31ClN2O3. The summed E-state index contributed by atoms with van der Waals surface area (Å²) in [6.07, 6.45) is 4.77. The largest absolute Gasteiger partial charge is 0.481 e. The highest BCUT2D eigenvalue weighted by Crippen LogP contribution is 2.24. The number of anilines is 1. The van der Waals surface area contributed by atoms with Crippen molar-refractivity contribution in [3.8, 4) is 5.75 Å². The molecule has 1 aliphatic rings. The molecule has 1 fully saturated rings. The first-order valence-corrected chi connectivity index (χ1v) is 11.4. The van der Waals surface area contributed by atoms with Gasteiger partial charge in [-0.25, -0.2) is 0 Å². The van der Waals surface area contributed by atoms with Crippen LogP contribution in [0.3, 0.4) is 0 Å². The highest BCUT2D eigenvalue weighted by atomic mass is 35.5. The smallest absolute Gasteiger partial charge is 0.265 e. The van der Waals surface area contributed by atoms with Crippen LogP contribution in [0.2, 0.25) is 5.02 Å². The molecule has 2 N–H and O–H groups in total. The lowest BCUT2D eigenvalue weighted by atomic mass is 9.95. The van der Waals surface area contributed by atoms with E-state index in [1.54, 1.807) is 25.1 Å². The summed E-state index contributed by atoms with van der Waals surface area (Å²) in [5.74, 6) is 0.566. The Hall–Kier alpha value is -2.53. The van der Waals surface area contributed by atoms with Gasteiger partial charge in [-0.3, -0.25) is 9.59 Å². The van der Waals surface area contributed by atoms with Crippen molar-refractivity contribution >= 4 is 29.1 Å². The quantitative estimate of drug-likeness (QED) is 0.558. The molecule has 5 nitrogen and oxygen atoms in total. The second-order valence-electron chi connectivity index (χ2n) is 8.48. The molecule has 3 rings (SSSR count). The van der Waals surface area contributed by atoms with Crippen molar-refractivity contribution in [1.29, 1.82) is 0 Å². The fraction of sp³-hybridized carbons (Fsp3) is 0.440. The number of rotatable bonds is 7. The molecular weight excluding hydrogens is 412 g/mol. The van der Waals surface area contributed by atoms with Crippen LogP contribution in [0.4, 0.5) is 5.69 Å². The maximum Gasteiger partial charge on any atom is 0.265 e. The predicted octanol–water partition coefficient (Wildman–Crippen LogP) is 5.93. The minimum absolute atomic E-state index is 0.186. The van der Waals surface area contributed by atoms with Crippen molar-refractivity contribution < 1.29 is 14.3 Å². The Kier molecular flexibility index (Phi) is 7.97. The van der Waals surface area contributed by atoms with Gasteiger partial charge in [-0.15, -0.1) is 0 Å². The third-order valence-electron chi connectivity index (χ3n) is 5.65. The van der Waals surface area contributed by atoms with E-state index in [-0.39, 0.29) is 17.9 Å². The molecule has 1 saturated carbocycles. The van der Waals surface area contributed by atoms with Crippen LogP contribution in [0.5, 0.6) is 5.75 Å². The number of amides is 2. The number of carbonyl (C=O) groups excluding carboxylic acids is 2. The van der Waals surface area contributed by atoms with E-state index in [1.165, 1.54) is 12.0 Å². The molecule has 0 aromatic heterocycles. The summed E-state index contributed by atoms with van der Waals surface area (Å²) >= 11 is 6.25. The molecule has 0 heterocycles. The van der Waals surface area contributed by atoms with Crippen molar-refractivity contribution in [2.75, 3.05) is 5.32 Å². The van der Waals surface area contributed by atoms with Gasteiger partial charge in [0.2, 0.25) is 0 Å². The SMILES string of the molecule is CC(Oc1ccc(C(C)C)cc1)C(=O)Nc1ccc(Cl)c(C(=O)NC2CCCCC2)c1. The molecule has 2 aromatic rings. The van der Waals surface area contributed by atoms with Gasteiger partial charge < -0.3 is 15.4 Å². The van der Waals surface area contributed by atoms with E-state index in [4.69, 9.17) is 16.3 Å². The summed E-state index contributed by atoms with van der Waals surface area (Å²) in [4.78, 5) is 25.3. The van der Waals surface area contributed by atoms with Gasteiger partial charge in [0.1, 0.15) is 5.75 Å². The Bertz CT molecular complexity index is 905. The zero-order valence-electron chi connectivity index (χ0n) is 18.4. The molecule has 0 saturated heterocycles. The van der Waals surface area contributed by atoms with Crippen molar-refractivity contribution in [1.82, 2.24) is 5.32 Å². The Balaban J connectivity index is 1.61. The van der Waals surface area contributed by atoms with Crippen LogP contribution in [0.25, 0.3) is 0 Å². The number of benzene rings is 2. The highest BCUT2D eigenvalue weighted by molar-refractivity contribution is 6.34. The second kappa shape index (κ2) is 10.7. The summed E-state index contributed by atoms with van der Waals surface area (Å²) < 4.78 is 5.77. The first-order valence-electron chi connectivity index (χ1n) is 11.0. The molecule has 31 heavy (non-hydrogen) atoms. The number of carbonyl (C=O) groups is 2. The van der Waals surface area contributed by atoms with Crippen molar-refractivity contribution in [3.63, 3.8) is 0 Å².